The van der Waals surface area contributed by atoms with Gasteiger partial charge in [0.25, 0.3) is 22.7 Å². The zero-order chi connectivity index (χ0) is 24.0. The van der Waals surface area contributed by atoms with Crippen LogP contribution < -0.4 is 0 Å². The third-order valence-electron chi connectivity index (χ3n) is 5.24. The van der Waals surface area contributed by atoms with Crippen molar-refractivity contribution >= 4 is 34.4 Å². The van der Waals surface area contributed by atoms with Gasteiger partial charge in [0.1, 0.15) is 0 Å². The van der Waals surface area contributed by atoms with Crippen LogP contribution >= 0.6 is 0 Å². The smallest absolute Gasteiger partial charge is 0.258 e. The zero-order valence-corrected chi connectivity index (χ0v) is 16.8. The summed E-state index contributed by atoms with van der Waals surface area (Å²) < 4.78 is 0. The van der Waals surface area contributed by atoms with Gasteiger partial charge in [-0.15, -0.1) is 0 Å². The molecule has 0 heterocycles. The second-order valence-electron chi connectivity index (χ2n) is 7.27. The van der Waals surface area contributed by atoms with E-state index in [1.807, 2.05) is 6.92 Å². The van der Waals surface area contributed by atoms with Crippen LogP contribution in [0.5, 0.6) is 0 Å². The van der Waals surface area contributed by atoms with E-state index in [0.717, 1.165) is 29.8 Å². The molecule has 0 atom stereocenters. The number of hydrogen-bond donors (Lipinski definition) is 0. The minimum absolute atomic E-state index is 0.00933. The Balaban J connectivity index is 2.18. The van der Waals surface area contributed by atoms with Gasteiger partial charge in [0.05, 0.1) is 43.0 Å². The highest BCUT2D eigenvalue weighted by Gasteiger charge is 2.40. The molecule has 0 aliphatic heterocycles. The van der Waals surface area contributed by atoms with Gasteiger partial charge in [0.15, 0.2) is 0 Å². The Morgan fingerprint density at radius 1 is 0.636 bits per heavy atom. The first kappa shape index (κ1) is 21.2. The number of non-ortho nitro benzene ring substituents is 2. The van der Waals surface area contributed by atoms with Gasteiger partial charge in [-0.2, -0.15) is 0 Å². The highest BCUT2D eigenvalue weighted by molar-refractivity contribution is 6.12. The standard InChI is InChI=1S/C21H12N4O8/c1-11-2-4-12(5-3-11)6-15-16-7-13(22(26)27)9-18(24(30)31)20(16)21-17(15)8-14(23(28)29)10-19(21)25(32)33/h2-10H,1H3. The van der Waals surface area contributed by atoms with Gasteiger partial charge in [0.2, 0.25) is 0 Å². The highest BCUT2D eigenvalue weighted by Crippen LogP contribution is 2.54. The van der Waals surface area contributed by atoms with Gasteiger partial charge in [0, 0.05) is 23.3 Å². The van der Waals surface area contributed by atoms with Crippen LogP contribution in [-0.4, -0.2) is 19.7 Å². The molecular weight excluding hydrogens is 436 g/mol. The van der Waals surface area contributed by atoms with Crippen LogP contribution in [0, 0.1) is 47.4 Å². The van der Waals surface area contributed by atoms with Crippen molar-refractivity contribution in [2.45, 2.75) is 6.92 Å². The molecule has 12 nitrogen and oxygen atoms in total. The van der Waals surface area contributed by atoms with Crippen molar-refractivity contribution in [3.8, 4) is 11.1 Å². The second-order valence-corrected chi connectivity index (χ2v) is 7.27. The summed E-state index contributed by atoms with van der Waals surface area (Å²) in [5, 5.41) is 46.4. The Morgan fingerprint density at radius 3 is 1.42 bits per heavy atom. The van der Waals surface area contributed by atoms with Crippen LogP contribution in [0.25, 0.3) is 22.8 Å². The number of hydrogen-bond acceptors (Lipinski definition) is 8. The minimum Gasteiger partial charge on any atom is -0.258 e. The molecule has 33 heavy (non-hydrogen) atoms. The fraction of sp³-hybridized carbons (Fsp3) is 0.0476. The molecule has 0 saturated heterocycles. The van der Waals surface area contributed by atoms with E-state index >= 15 is 0 Å². The van der Waals surface area contributed by atoms with Crippen LogP contribution in [0.2, 0.25) is 0 Å². The molecule has 1 aliphatic rings. The lowest BCUT2D eigenvalue weighted by atomic mass is 9.99. The first-order valence-corrected chi connectivity index (χ1v) is 9.31. The van der Waals surface area contributed by atoms with E-state index in [1.54, 1.807) is 24.3 Å². The molecule has 3 aromatic carbocycles. The molecule has 0 spiro atoms. The largest absolute Gasteiger partial charge is 0.284 e. The van der Waals surface area contributed by atoms with Gasteiger partial charge in [-0.25, -0.2) is 0 Å². The van der Waals surface area contributed by atoms with E-state index < -0.39 is 42.4 Å². The van der Waals surface area contributed by atoms with Crippen LogP contribution in [0.1, 0.15) is 22.3 Å². The van der Waals surface area contributed by atoms with Crippen molar-refractivity contribution < 1.29 is 19.7 Å². The normalized spacial score (nSPS) is 11.5. The zero-order valence-electron chi connectivity index (χ0n) is 16.8. The first-order chi connectivity index (χ1) is 15.6. The number of aryl methyl sites for hydroxylation is 1. The molecule has 0 amide bonds. The van der Waals surface area contributed by atoms with Gasteiger partial charge in [-0.1, -0.05) is 29.8 Å². The molecule has 164 valence electrons. The van der Waals surface area contributed by atoms with Gasteiger partial charge >= 0.3 is 0 Å². The van der Waals surface area contributed by atoms with Crippen molar-refractivity contribution in [2.75, 3.05) is 0 Å². The van der Waals surface area contributed by atoms with E-state index in [-0.39, 0.29) is 27.8 Å². The first-order valence-electron chi connectivity index (χ1n) is 9.31. The molecule has 1 aliphatic carbocycles. The Kier molecular flexibility index (Phi) is 4.89. The fourth-order valence-corrected chi connectivity index (χ4v) is 3.80. The van der Waals surface area contributed by atoms with Crippen molar-refractivity contribution in [1.29, 1.82) is 0 Å². The summed E-state index contributed by atoms with van der Waals surface area (Å²) in [6.07, 6.45) is 1.53. The Morgan fingerprint density at radius 2 is 1.06 bits per heavy atom. The van der Waals surface area contributed by atoms with E-state index in [4.69, 9.17) is 0 Å². The fourth-order valence-electron chi connectivity index (χ4n) is 3.80. The average Bonchev–Trinajstić information content (AvgIpc) is 3.07. The van der Waals surface area contributed by atoms with Crippen LogP contribution in [0.3, 0.4) is 0 Å². The quantitative estimate of drug-likeness (QED) is 0.296. The van der Waals surface area contributed by atoms with Crippen molar-refractivity contribution in [3.63, 3.8) is 0 Å². The molecule has 12 heteroatoms. The predicted molar refractivity (Wildman–Crippen MR) is 117 cm³/mol. The van der Waals surface area contributed by atoms with Crippen molar-refractivity contribution in [3.05, 3.63) is 111 Å². The molecule has 0 fully saturated rings. The van der Waals surface area contributed by atoms with E-state index in [9.17, 15) is 40.5 Å². The SMILES string of the molecule is Cc1ccc(C=C2c3cc([N+](=O)[O-])cc([N+](=O)[O-])c3-c3c2cc([N+](=O)[O-])cc3[N+](=O)[O-])cc1. The van der Waals surface area contributed by atoms with Crippen molar-refractivity contribution in [2.24, 2.45) is 0 Å². The summed E-state index contributed by atoms with van der Waals surface area (Å²) in [5.41, 5.74) is -1.23. The number of nitro benzene ring substituents is 4. The molecule has 3 aromatic rings. The summed E-state index contributed by atoms with van der Waals surface area (Å²) in [5.74, 6) is 0. The van der Waals surface area contributed by atoms with Crippen LogP contribution in [0.4, 0.5) is 22.7 Å². The third kappa shape index (κ3) is 3.54. The maximum Gasteiger partial charge on any atom is 0.284 e. The predicted octanol–water partition coefficient (Wildman–Crippen LogP) is 5.20. The van der Waals surface area contributed by atoms with Gasteiger partial charge in [-0.3, -0.25) is 40.5 Å². The Bertz CT molecular complexity index is 1340. The summed E-state index contributed by atoms with van der Waals surface area (Å²) in [4.78, 5) is 43.1. The maximum atomic E-state index is 11.8. The summed E-state index contributed by atoms with van der Waals surface area (Å²) in [6, 6.07) is 10.6. The highest BCUT2D eigenvalue weighted by atomic mass is 16.6. The maximum absolute atomic E-state index is 11.8. The molecule has 4 rings (SSSR count). The molecular formula is C21H12N4O8. The third-order valence-corrected chi connectivity index (χ3v) is 5.24. The number of rotatable bonds is 5. The lowest BCUT2D eigenvalue weighted by molar-refractivity contribution is -0.395. The topological polar surface area (TPSA) is 173 Å². The van der Waals surface area contributed by atoms with E-state index in [2.05, 4.69) is 0 Å². The number of fused-ring (bicyclic) bond motifs is 3. The summed E-state index contributed by atoms with van der Waals surface area (Å²) >= 11 is 0. The Labute approximate surface area is 184 Å². The molecule has 0 N–H and O–H groups in total. The average molecular weight is 448 g/mol. The lowest BCUT2D eigenvalue weighted by Gasteiger charge is -2.04. The molecule has 0 aromatic heterocycles. The van der Waals surface area contributed by atoms with Crippen LogP contribution in [0.15, 0.2) is 48.5 Å². The second kappa shape index (κ2) is 7.60. The van der Waals surface area contributed by atoms with Crippen molar-refractivity contribution in [1.82, 2.24) is 0 Å². The summed E-state index contributed by atoms with van der Waals surface area (Å²) in [7, 11) is 0. The summed E-state index contributed by atoms with van der Waals surface area (Å²) in [6.45, 7) is 1.86. The molecule has 0 unspecified atom stereocenters. The molecule has 0 bridgehead atoms. The van der Waals surface area contributed by atoms with E-state index in [1.165, 1.54) is 6.08 Å². The van der Waals surface area contributed by atoms with Gasteiger partial charge in [-0.05, 0) is 24.1 Å². The number of nitro groups is 4. The molecule has 0 saturated carbocycles. The lowest BCUT2D eigenvalue weighted by Crippen LogP contribution is -1.99. The number of nitrogens with zero attached hydrogens (tertiary/aromatic N) is 4. The number of benzene rings is 3. The monoisotopic (exact) mass is 448 g/mol. The Hall–Kier alpha value is -5.00. The minimum atomic E-state index is -0.866. The molecule has 0 radical (unpaired) electrons. The van der Waals surface area contributed by atoms with E-state index in [0.29, 0.717) is 5.56 Å². The van der Waals surface area contributed by atoms with Crippen LogP contribution in [-0.2, 0) is 0 Å². The van der Waals surface area contributed by atoms with Gasteiger partial charge < -0.3 is 0 Å².